The average Bonchev–Trinajstić information content (AvgIpc) is 2.72. The Kier molecular flexibility index (Phi) is 3.35. The SMILES string of the molecule is CC(=O)c1cccc2c1CCC2C(C)(C)C(C)C. The molecule has 0 spiro atoms. The largest absolute Gasteiger partial charge is 0.295 e. The Morgan fingerprint density at radius 1 is 1.33 bits per heavy atom. The molecule has 18 heavy (non-hydrogen) atoms. The predicted molar refractivity (Wildman–Crippen MR) is 76.1 cm³/mol. The fourth-order valence-corrected chi connectivity index (χ4v) is 3.16. The number of carbonyl (C=O) groups excluding carboxylic acids is 1. The number of hydrogen-bond acceptors (Lipinski definition) is 1. The van der Waals surface area contributed by atoms with Gasteiger partial charge in [-0.2, -0.15) is 0 Å². The monoisotopic (exact) mass is 244 g/mol. The van der Waals surface area contributed by atoms with E-state index >= 15 is 0 Å². The van der Waals surface area contributed by atoms with Crippen LogP contribution in [0.15, 0.2) is 18.2 Å². The lowest BCUT2D eigenvalue weighted by Crippen LogP contribution is -2.26. The molecule has 1 aliphatic rings. The average molecular weight is 244 g/mol. The van der Waals surface area contributed by atoms with E-state index < -0.39 is 0 Å². The molecule has 0 N–H and O–H groups in total. The van der Waals surface area contributed by atoms with Crippen LogP contribution in [-0.2, 0) is 6.42 Å². The van der Waals surface area contributed by atoms with Gasteiger partial charge in [-0.25, -0.2) is 0 Å². The summed E-state index contributed by atoms with van der Waals surface area (Å²) in [6.45, 7) is 11.0. The zero-order chi connectivity index (χ0) is 13.5. The van der Waals surface area contributed by atoms with Crippen molar-refractivity contribution in [1.82, 2.24) is 0 Å². The van der Waals surface area contributed by atoms with E-state index in [4.69, 9.17) is 0 Å². The highest BCUT2D eigenvalue weighted by atomic mass is 16.1. The maximum absolute atomic E-state index is 11.7. The van der Waals surface area contributed by atoms with Crippen molar-refractivity contribution in [2.45, 2.75) is 53.4 Å². The molecule has 0 heterocycles. The van der Waals surface area contributed by atoms with Crippen LogP contribution < -0.4 is 0 Å². The van der Waals surface area contributed by atoms with E-state index in [2.05, 4.69) is 33.8 Å². The maximum Gasteiger partial charge on any atom is 0.160 e. The Bertz CT molecular complexity index is 468. The van der Waals surface area contributed by atoms with E-state index in [-0.39, 0.29) is 5.78 Å². The summed E-state index contributed by atoms with van der Waals surface area (Å²) < 4.78 is 0. The van der Waals surface area contributed by atoms with Gasteiger partial charge in [-0.3, -0.25) is 4.79 Å². The summed E-state index contributed by atoms with van der Waals surface area (Å²) >= 11 is 0. The molecule has 0 radical (unpaired) electrons. The Balaban J connectivity index is 2.47. The molecule has 2 rings (SSSR count). The third-order valence-electron chi connectivity index (χ3n) is 5.04. The first kappa shape index (κ1) is 13.3. The maximum atomic E-state index is 11.7. The van der Waals surface area contributed by atoms with Crippen LogP contribution in [0.3, 0.4) is 0 Å². The van der Waals surface area contributed by atoms with Gasteiger partial charge < -0.3 is 0 Å². The molecule has 1 aromatic carbocycles. The highest BCUT2D eigenvalue weighted by molar-refractivity contribution is 5.96. The van der Waals surface area contributed by atoms with E-state index in [1.807, 2.05) is 12.1 Å². The summed E-state index contributed by atoms with van der Waals surface area (Å²) in [5.74, 6) is 1.44. The van der Waals surface area contributed by atoms with Crippen molar-refractivity contribution in [1.29, 1.82) is 0 Å². The van der Waals surface area contributed by atoms with E-state index in [0.717, 1.165) is 12.0 Å². The first-order valence-electron chi connectivity index (χ1n) is 6.98. The second kappa shape index (κ2) is 4.53. The van der Waals surface area contributed by atoms with Gasteiger partial charge in [0.15, 0.2) is 5.78 Å². The molecule has 0 saturated heterocycles. The Morgan fingerprint density at radius 2 is 2.00 bits per heavy atom. The highest BCUT2D eigenvalue weighted by Gasteiger charge is 2.38. The second-order valence-corrected chi connectivity index (χ2v) is 6.50. The van der Waals surface area contributed by atoms with Crippen molar-refractivity contribution in [3.63, 3.8) is 0 Å². The number of carbonyl (C=O) groups is 1. The highest BCUT2D eigenvalue weighted by Crippen LogP contribution is 2.49. The van der Waals surface area contributed by atoms with E-state index in [1.165, 1.54) is 17.5 Å². The third kappa shape index (κ3) is 2.00. The standard InChI is InChI=1S/C17H24O/c1-11(2)17(4,5)16-10-9-14-13(12(3)18)7-6-8-15(14)16/h6-8,11,16H,9-10H2,1-5H3. The molecule has 1 heteroatoms. The molecule has 0 bridgehead atoms. The van der Waals surface area contributed by atoms with Gasteiger partial charge in [0.2, 0.25) is 0 Å². The quantitative estimate of drug-likeness (QED) is 0.710. The molecule has 1 atom stereocenters. The lowest BCUT2D eigenvalue weighted by atomic mass is 9.68. The van der Waals surface area contributed by atoms with Gasteiger partial charge >= 0.3 is 0 Å². The van der Waals surface area contributed by atoms with Crippen LogP contribution >= 0.6 is 0 Å². The zero-order valence-electron chi connectivity index (χ0n) is 12.2. The number of Topliss-reactive ketones (excluding diaryl/α,β-unsaturated/α-hetero) is 1. The summed E-state index contributed by atoms with van der Waals surface area (Å²) in [6.07, 6.45) is 2.25. The molecule has 98 valence electrons. The minimum atomic E-state index is 0.204. The zero-order valence-corrected chi connectivity index (χ0v) is 12.2. The molecule has 1 nitrogen and oxygen atoms in total. The molecule has 1 aromatic rings. The smallest absolute Gasteiger partial charge is 0.160 e. The Morgan fingerprint density at radius 3 is 2.56 bits per heavy atom. The predicted octanol–water partition coefficient (Wildman–Crippen LogP) is 4.60. The molecule has 0 aromatic heterocycles. The van der Waals surface area contributed by atoms with Crippen molar-refractivity contribution >= 4 is 5.78 Å². The first-order valence-corrected chi connectivity index (χ1v) is 6.98. The van der Waals surface area contributed by atoms with Crippen molar-refractivity contribution in [3.8, 4) is 0 Å². The van der Waals surface area contributed by atoms with Gasteiger partial charge in [0.1, 0.15) is 0 Å². The fourth-order valence-electron chi connectivity index (χ4n) is 3.16. The number of ketones is 1. The minimum absolute atomic E-state index is 0.204. The summed E-state index contributed by atoms with van der Waals surface area (Å²) in [5, 5.41) is 0. The fraction of sp³-hybridized carbons (Fsp3) is 0.588. The van der Waals surface area contributed by atoms with Crippen molar-refractivity contribution in [3.05, 3.63) is 34.9 Å². The molecule has 0 aliphatic heterocycles. The van der Waals surface area contributed by atoms with Crippen molar-refractivity contribution < 1.29 is 4.79 Å². The van der Waals surface area contributed by atoms with Crippen LogP contribution in [0, 0.1) is 11.3 Å². The molecule has 1 unspecified atom stereocenters. The molecule has 0 amide bonds. The number of fused-ring (bicyclic) bond motifs is 1. The molecule has 1 aliphatic carbocycles. The molecular formula is C17H24O. The van der Waals surface area contributed by atoms with Crippen LogP contribution in [0.2, 0.25) is 0 Å². The van der Waals surface area contributed by atoms with Crippen LogP contribution in [-0.4, -0.2) is 5.78 Å². The van der Waals surface area contributed by atoms with Gasteiger partial charge in [0.25, 0.3) is 0 Å². The van der Waals surface area contributed by atoms with Crippen molar-refractivity contribution in [2.75, 3.05) is 0 Å². The summed E-state index contributed by atoms with van der Waals surface area (Å²) in [4.78, 5) is 11.7. The minimum Gasteiger partial charge on any atom is -0.295 e. The number of rotatable bonds is 3. The second-order valence-electron chi connectivity index (χ2n) is 6.50. The van der Waals surface area contributed by atoms with Gasteiger partial charge in [0.05, 0.1) is 0 Å². The number of hydrogen-bond donors (Lipinski definition) is 0. The van der Waals surface area contributed by atoms with Crippen molar-refractivity contribution in [2.24, 2.45) is 11.3 Å². The summed E-state index contributed by atoms with van der Waals surface area (Å²) in [6, 6.07) is 6.25. The van der Waals surface area contributed by atoms with Gasteiger partial charge in [0, 0.05) is 5.56 Å². The van der Waals surface area contributed by atoms with Crippen LogP contribution in [0.1, 0.15) is 68.4 Å². The molecule has 0 fully saturated rings. The van der Waals surface area contributed by atoms with E-state index in [0.29, 0.717) is 17.3 Å². The van der Waals surface area contributed by atoms with Gasteiger partial charge in [-0.15, -0.1) is 0 Å². The van der Waals surface area contributed by atoms with Crippen LogP contribution in [0.25, 0.3) is 0 Å². The van der Waals surface area contributed by atoms with E-state index in [9.17, 15) is 4.79 Å². The van der Waals surface area contributed by atoms with E-state index in [1.54, 1.807) is 6.92 Å². The third-order valence-corrected chi connectivity index (χ3v) is 5.04. The summed E-state index contributed by atoms with van der Waals surface area (Å²) in [5.41, 5.74) is 3.96. The Hall–Kier alpha value is -1.11. The lowest BCUT2D eigenvalue weighted by molar-refractivity contribution is 0.101. The van der Waals surface area contributed by atoms with Gasteiger partial charge in [-0.05, 0) is 48.1 Å². The normalized spacial score (nSPS) is 19.1. The topological polar surface area (TPSA) is 17.1 Å². The molecular weight excluding hydrogens is 220 g/mol. The Labute approximate surface area is 111 Å². The first-order chi connectivity index (χ1) is 8.35. The lowest BCUT2D eigenvalue weighted by Gasteiger charge is -2.36. The van der Waals surface area contributed by atoms with Crippen LogP contribution in [0.5, 0.6) is 0 Å². The van der Waals surface area contributed by atoms with Gasteiger partial charge in [-0.1, -0.05) is 45.9 Å². The molecule has 0 saturated carbocycles. The summed E-state index contributed by atoms with van der Waals surface area (Å²) in [7, 11) is 0. The van der Waals surface area contributed by atoms with Crippen LogP contribution in [0.4, 0.5) is 0 Å². The number of benzene rings is 1.